The molecule has 1 heterocycles. The summed E-state index contributed by atoms with van der Waals surface area (Å²) in [5.74, 6) is 0. The van der Waals surface area contributed by atoms with Crippen LogP contribution in [0.15, 0.2) is 24.4 Å². The van der Waals surface area contributed by atoms with E-state index in [-0.39, 0.29) is 0 Å². The summed E-state index contributed by atoms with van der Waals surface area (Å²) < 4.78 is 0. The maximum atomic E-state index is 6.01. The molecule has 14 heavy (non-hydrogen) atoms. The van der Waals surface area contributed by atoms with Crippen molar-refractivity contribution in [2.45, 2.75) is 0 Å². The second-order valence-electron chi connectivity index (χ2n) is 2.82. The molecule has 2 aromatic rings. The Morgan fingerprint density at radius 1 is 1.29 bits per heavy atom. The zero-order chi connectivity index (χ0) is 10.1. The number of hydrogen-bond acceptors (Lipinski definition) is 1. The van der Waals surface area contributed by atoms with E-state index in [2.05, 4.69) is 10.2 Å². The fourth-order valence-corrected chi connectivity index (χ4v) is 1.71. The smallest absolute Gasteiger partial charge is 0.119 e. The van der Waals surface area contributed by atoms with E-state index in [0.717, 1.165) is 5.56 Å². The summed E-state index contributed by atoms with van der Waals surface area (Å²) in [4.78, 5) is 0. The average molecular weight is 223 g/mol. The van der Waals surface area contributed by atoms with E-state index in [1.807, 2.05) is 0 Å². The van der Waals surface area contributed by atoms with E-state index in [1.54, 1.807) is 24.4 Å². The average Bonchev–Trinajstić information content (AvgIpc) is 2.52. The second kappa shape index (κ2) is 3.68. The Labute approximate surface area is 92.6 Å². The van der Waals surface area contributed by atoms with Gasteiger partial charge in [-0.15, -0.1) is 0 Å². The minimum atomic E-state index is 0.549. The molecule has 0 bridgehead atoms. The Hall–Kier alpha value is -0.925. The largest absolute Gasteiger partial charge is 0.278 e. The third kappa shape index (κ3) is 1.65. The molecule has 2 rings (SSSR count). The molecule has 5 heteroatoms. The molecule has 0 fully saturated rings. The molecular formula is C9H5BCl2N2. The van der Waals surface area contributed by atoms with Crippen molar-refractivity contribution in [3.63, 3.8) is 0 Å². The van der Waals surface area contributed by atoms with Crippen LogP contribution in [0.1, 0.15) is 0 Å². The maximum Gasteiger partial charge on any atom is 0.119 e. The van der Waals surface area contributed by atoms with Crippen molar-refractivity contribution < 1.29 is 0 Å². The summed E-state index contributed by atoms with van der Waals surface area (Å²) >= 11 is 11.8. The number of halogens is 2. The molecule has 0 spiro atoms. The number of rotatable bonds is 1. The highest BCUT2D eigenvalue weighted by molar-refractivity contribution is 6.39. The van der Waals surface area contributed by atoms with Crippen LogP contribution in [0, 0.1) is 0 Å². The number of benzene rings is 1. The molecule has 1 N–H and O–H groups in total. The molecule has 68 valence electrons. The number of hydrogen-bond donors (Lipinski definition) is 1. The summed E-state index contributed by atoms with van der Waals surface area (Å²) in [5, 5.41) is 7.74. The first-order valence-electron chi connectivity index (χ1n) is 3.93. The van der Waals surface area contributed by atoms with E-state index >= 15 is 0 Å². The van der Waals surface area contributed by atoms with Gasteiger partial charge in [-0.1, -0.05) is 28.7 Å². The van der Waals surface area contributed by atoms with Gasteiger partial charge in [-0.05, 0) is 18.2 Å². The van der Waals surface area contributed by atoms with E-state index in [4.69, 9.17) is 31.0 Å². The van der Waals surface area contributed by atoms with Gasteiger partial charge in [-0.25, -0.2) is 0 Å². The van der Waals surface area contributed by atoms with E-state index in [9.17, 15) is 0 Å². The molecule has 0 aliphatic carbocycles. The van der Waals surface area contributed by atoms with Gasteiger partial charge in [-0.2, -0.15) is 5.10 Å². The van der Waals surface area contributed by atoms with Crippen molar-refractivity contribution in [1.82, 2.24) is 10.2 Å². The van der Waals surface area contributed by atoms with Gasteiger partial charge in [0.25, 0.3) is 0 Å². The number of nitrogens with zero attached hydrogens (tertiary/aromatic N) is 1. The first kappa shape index (κ1) is 9.62. The van der Waals surface area contributed by atoms with Crippen molar-refractivity contribution in [3.8, 4) is 11.3 Å². The number of H-pyrrole nitrogens is 1. The molecular weight excluding hydrogens is 218 g/mol. The van der Waals surface area contributed by atoms with E-state index in [0.29, 0.717) is 21.2 Å². The van der Waals surface area contributed by atoms with Crippen molar-refractivity contribution in [2.75, 3.05) is 0 Å². The van der Waals surface area contributed by atoms with Crippen molar-refractivity contribution >= 4 is 36.5 Å². The van der Waals surface area contributed by atoms with Crippen LogP contribution in [0.3, 0.4) is 0 Å². The van der Waals surface area contributed by atoms with Crippen LogP contribution >= 0.6 is 23.2 Å². The van der Waals surface area contributed by atoms with Gasteiger partial charge in [0, 0.05) is 16.8 Å². The van der Waals surface area contributed by atoms with Gasteiger partial charge in [0.1, 0.15) is 7.85 Å². The zero-order valence-electron chi connectivity index (χ0n) is 7.09. The summed E-state index contributed by atoms with van der Waals surface area (Å²) in [6, 6.07) is 5.22. The van der Waals surface area contributed by atoms with Gasteiger partial charge >= 0.3 is 0 Å². The summed E-state index contributed by atoms with van der Waals surface area (Å²) in [5.41, 5.74) is 2.08. The predicted molar refractivity (Wildman–Crippen MR) is 59.4 cm³/mol. The maximum absolute atomic E-state index is 6.01. The molecule has 0 saturated carbocycles. The van der Waals surface area contributed by atoms with E-state index < -0.39 is 0 Å². The number of aromatic amines is 1. The highest BCUT2D eigenvalue weighted by Gasteiger charge is 2.07. The Morgan fingerprint density at radius 3 is 2.64 bits per heavy atom. The quantitative estimate of drug-likeness (QED) is 0.737. The minimum Gasteiger partial charge on any atom is -0.278 e. The molecule has 1 aromatic heterocycles. The fraction of sp³-hybridized carbons (Fsp3) is 0. The Balaban J connectivity index is 2.58. The van der Waals surface area contributed by atoms with Crippen molar-refractivity contribution in [3.05, 3.63) is 34.4 Å². The van der Waals surface area contributed by atoms with Crippen LogP contribution in [-0.4, -0.2) is 18.0 Å². The first-order valence-corrected chi connectivity index (χ1v) is 4.68. The third-order valence-corrected chi connectivity index (χ3v) is 2.42. The standard InChI is InChI=1S/C9H5BCl2N2/c10-7-4-13-14-9(7)6-2-1-5(11)3-8(6)12/h1-4H,(H,13,14). The summed E-state index contributed by atoms with van der Waals surface area (Å²) in [6.07, 6.45) is 1.54. The molecule has 0 aliphatic heterocycles. The van der Waals surface area contributed by atoms with Crippen LogP contribution in [0.25, 0.3) is 11.3 Å². The van der Waals surface area contributed by atoms with Crippen LogP contribution in [0.2, 0.25) is 10.0 Å². The van der Waals surface area contributed by atoms with Crippen molar-refractivity contribution in [2.24, 2.45) is 0 Å². The molecule has 0 atom stereocenters. The van der Waals surface area contributed by atoms with Crippen LogP contribution in [0.5, 0.6) is 0 Å². The van der Waals surface area contributed by atoms with Gasteiger partial charge in [0.05, 0.1) is 10.7 Å². The molecule has 0 amide bonds. The summed E-state index contributed by atoms with van der Waals surface area (Å²) in [6.45, 7) is 0. The predicted octanol–water partition coefficient (Wildman–Crippen LogP) is 2.18. The van der Waals surface area contributed by atoms with Gasteiger partial charge in [-0.3, -0.25) is 5.10 Å². The lowest BCUT2D eigenvalue weighted by Gasteiger charge is -2.03. The molecule has 0 saturated heterocycles. The van der Waals surface area contributed by atoms with E-state index in [1.165, 1.54) is 0 Å². The molecule has 0 aliphatic rings. The Morgan fingerprint density at radius 2 is 2.07 bits per heavy atom. The first-order chi connectivity index (χ1) is 6.68. The Bertz CT molecular complexity index is 468. The third-order valence-electron chi connectivity index (χ3n) is 1.87. The Kier molecular flexibility index (Phi) is 2.53. The molecule has 1 aromatic carbocycles. The molecule has 0 unspecified atom stereocenters. The normalized spacial score (nSPS) is 10.4. The summed E-state index contributed by atoms with van der Waals surface area (Å²) in [7, 11) is 5.69. The lowest BCUT2D eigenvalue weighted by Crippen LogP contribution is -2.02. The van der Waals surface area contributed by atoms with Crippen LogP contribution in [-0.2, 0) is 0 Å². The highest BCUT2D eigenvalue weighted by atomic mass is 35.5. The number of aromatic nitrogens is 2. The van der Waals surface area contributed by atoms with Gasteiger partial charge < -0.3 is 0 Å². The van der Waals surface area contributed by atoms with Crippen molar-refractivity contribution in [1.29, 1.82) is 0 Å². The number of nitrogens with one attached hydrogen (secondary N) is 1. The minimum absolute atomic E-state index is 0.549. The van der Waals surface area contributed by atoms with Crippen LogP contribution in [0.4, 0.5) is 0 Å². The SMILES string of the molecule is [B]c1cn[nH]c1-c1ccc(Cl)cc1Cl. The lowest BCUT2D eigenvalue weighted by molar-refractivity contribution is 1.10. The second-order valence-corrected chi connectivity index (χ2v) is 3.67. The fourth-order valence-electron chi connectivity index (χ4n) is 1.20. The van der Waals surface area contributed by atoms with Crippen LogP contribution < -0.4 is 5.46 Å². The van der Waals surface area contributed by atoms with Gasteiger partial charge in [0.15, 0.2) is 0 Å². The van der Waals surface area contributed by atoms with Gasteiger partial charge in [0.2, 0.25) is 0 Å². The molecule has 2 radical (unpaired) electrons. The molecule has 2 nitrogen and oxygen atoms in total. The zero-order valence-corrected chi connectivity index (χ0v) is 8.60. The monoisotopic (exact) mass is 222 g/mol. The highest BCUT2D eigenvalue weighted by Crippen LogP contribution is 2.27. The lowest BCUT2D eigenvalue weighted by atomic mass is 9.94. The topological polar surface area (TPSA) is 28.7 Å².